The summed E-state index contributed by atoms with van der Waals surface area (Å²) in [6.45, 7) is 9.77. The molecule has 1 saturated carbocycles. The normalized spacial score (nSPS) is 17.6. The zero-order chi connectivity index (χ0) is 14.5. The van der Waals surface area contributed by atoms with Crippen molar-refractivity contribution in [3.05, 3.63) is 11.9 Å². The molecule has 2 N–H and O–H groups in total. The predicted molar refractivity (Wildman–Crippen MR) is 85.3 cm³/mol. The van der Waals surface area contributed by atoms with Gasteiger partial charge in [-0.25, -0.2) is 9.97 Å². The quantitative estimate of drug-likeness (QED) is 0.753. The molecule has 1 aliphatic rings. The van der Waals surface area contributed by atoms with Gasteiger partial charge in [0.15, 0.2) is 0 Å². The van der Waals surface area contributed by atoms with Gasteiger partial charge in [-0.3, -0.25) is 0 Å². The van der Waals surface area contributed by atoms with Gasteiger partial charge in [-0.15, -0.1) is 0 Å². The molecule has 0 spiro atoms. The summed E-state index contributed by atoms with van der Waals surface area (Å²) in [5.74, 6) is 4.24. The number of hydrogen-bond acceptors (Lipinski definition) is 4. The lowest BCUT2D eigenvalue weighted by Gasteiger charge is -2.19. The van der Waals surface area contributed by atoms with Crippen molar-refractivity contribution in [1.82, 2.24) is 9.97 Å². The highest BCUT2D eigenvalue weighted by Gasteiger charge is 2.27. The van der Waals surface area contributed by atoms with Crippen LogP contribution in [-0.2, 0) is 0 Å². The lowest BCUT2D eigenvalue weighted by atomic mass is 10.0. The molecule has 2 unspecified atom stereocenters. The lowest BCUT2D eigenvalue weighted by molar-refractivity contribution is 0.483. The van der Waals surface area contributed by atoms with E-state index in [-0.39, 0.29) is 0 Å². The van der Waals surface area contributed by atoms with Gasteiger partial charge in [-0.1, -0.05) is 20.3 Å². The first-order valence-electron chi connectivity index (χ1n) is 8.01. The van der Waals surface area contributed by atoms with Crippen molar-refractivity contribution in [2.45, 2.75) is 65.3 Å². The van der Waals surface area contributed by atoms with Crippen LogP contribution >= 0.6 is 0 Å². The maximum Gasteiger partial charge on any atom is 0.136 e. The fourth-order valence-corrected chi connectivity index (χ4v) is 2.42. The maximum atomic E-state index is 4.69. The molecule has 20 heavy (non-hydrogen) atoms. The Bertz CT molecular complexity index is 428. The van der Waals surface area contributed by atoms with Crippen LogP contribution in [0.25, 0.3) is 0 Å². The average Bonchev–Trinajstić information content (AvgIpc) is 3.22. The number of hydrogen-bond donors (Lipinski definition) is 2. The van der Waals surface area contributed by atoms with E-state index in [9.17, 15) is 0 Å². The Labute approximate surface area is 122 Å². The summed E-state index contributed by atoms with van der Waals surface area (Å²) in [5.41, 5.74) is 0. The van der Waals surface area contributed by atoms with Crippen LogP contribution in [0.15, 0.2) is 6.07 Å². The first kappa shape index (κ1) is 15.1. The van der Waals surface area contributed by atoms with Crippen molar-refractivity contribution in [3.63, 3.8) is 0 Å². The highest BCUT2D eigenvalue weighted by atomic mass is 15.1. The number of aromatic nitrogens is 2. The van der Waals surface area contributed by atoms with E-state index in [1.54, 1.807) is 0 Å². The Balaban J connectivity index is 2.05. The van der Waals surface area contributed by atoms with Crippen LogP contribution < -0.4 is 10.6 Å². The molecule has 1 aromatic heterocycles. The van der Waals surface area contributed by atoms with Crippen molar-refractivity contribution in [2.24, 2.45) is 5.92 Å². The van der Waals surface area contributed by atoms with Gasteiger partial charge >= 0.3 is 0 Å². The van der Waals surface area contributed by atoms with Crippen LogP contribution in [0.2, 0.25) is 0 Å². The Morgan fingerprint density at radius 1 is 1.20 bits per heavy atom. The third kappa shape index (κ3) is 4.36. The van der Waals surface area contributed by atoms with E-state index in [4.69, 9.17) is 0 Å². The van der Waals surface area contributed by atoms with Gasteiger partial charge in [-0.2, -0.15) is 0 Å². The summed E-state index contributed by atoms with van der Waals surface area (Å²) in [5, 5.41) is 6.84. The molecule has 4 nitrogen and oxygen atoms in total. The van der Waals surface area contributed by atoms with Crippen molar-refractivity contribution < 1.29 is 0 Å². The molecular weight excluding hydrogens is 248 g/mol. The van der Waals surface area contributed by atoms with Gasteiger partial charge in [0.1, 0.15) is 17.5 Å². The summed E-state index contributed by atoms with van der Waals surface area (Å²) in [7, 11) is 0. The molecule has 1 aromatic rings. The monoisotopic (exact) mass is 276 g/mol. The fourth-order valence-electron chi connectivity index (χ4n) is 2.42. The molecule has 1 aliphatic carbocycles. The molecule has 2 rings (SSSR count). The molecule has 0 amide bonds. The van der Waals surface area contributed by atoms with Crippen LogP contribution in [0.5, 0.6) is 0 Å². The summed E-state index contributed by atoms with van der Waals surface area (Å²) in [6.07, 6.45) is 4.87. The predicted octanol–water partition coefficient (Wildman–Crippen LogP) is 4.02. The van der Waals surface area contributed by atoms with E-state index in [1.807, 2.05) is 6.07 Å². The summed E-state index contributed by atoms with van der Waals surface area (Å²) in [4.78, 5) is 9.30. The maximum absolute atomic E-state index is 4.69. The molecule has 4 heteroatoms. The van der Waals surface area contributed by atoms with Crippen molar-refractivity contribution in [1.29, 1.82) is 0 Å². The Kier molecular flexibility index (Phi) is 5.21. The molecule has 112 valence electrons. The first-order valence-corrected chi connectivity index (χ1v) is 8.01. The van der Waals surface area contributed by atoms with Gasteiger partial charge in [0.2, 0.25) is 0 Å². The van der Waals surface area contributed by atoms with Gasteiger partial charge < -0.3 is 10.6 Å². The van der Waals surface area contributed by atoms with Crippen molar-refractivity contribution >= 4 is 11.6 Å². The SMILES string of the molecule is CCNc1cc(NC(C)CC(C)CC)nc(C2CC2)n1. The van der Waals surface area contributed by atoms with Gasteiger partial charge in [0, 0.05) is 24.6 Å². The minimum atomic E-state index is 0.446. The highest BCUT2D eigenvalue weighted by Crippen LogP contribution is 2.38. The van der Waals surface area contributed by atoms with Gasteiger partial charge in [-0.05, 0) is 39.0 Å². The standard InChI is InChI=1S/C16H28N4/c1-5-11(3)9-12(4)18-15-10-14(17-6-2)19-16(20-15)13-7-8-13/h10-13H,5-9H2,1-4H3,(H2,17,18,19,20). The van der Waals surface area contributed by atoms with E-state index in [0.29, 0.717) is 12.0 Å². The molecule has 2 atom stereocenters. The molecule has 1 heterocycles. The molecule has 0 bridgehead atoms. The van der Waals surface area contributed by atoms with Crippen molar-refractivity contribution in [3.8, 4) is 0 Å². The second kappa shape index (κ2) is 6.91. The van der Waals surface area contributed by atoms with Crippen molar-refractivity contribution in [2.75, 3.05) is 17.2 Å². The van der Waals surface area contributed by atoms with Gasteiger partial charge in [0.05, 0.1) is 0 Å². The van der Waals surface area contributed by atoms with E-state index >= 15 is 0 Å². The Morgan fingerprint density at radius 3 is 2.50 bits per heavy atom. The van der Waals surface area contributed by atoms with E-state index in [1.165, 1.54) is 25.7 Å². The minimum absolute atomic E-state index is 0.446. The zero-order valence-electron chi connectivity index (χ0n) is 13.2. The topological polar surface area (TPSA) is 49.8 Å². The third-order valence-electron chi connectivity index (χ3n) is 3.89. The molecule has 0 aliphatic heterocycles. The Hall–Kier alpha value is -1.32. The smallest absolute Gasteiger partial charge is 0.136 e. The Morgan fingerprint density at radius 2 is 1.90 bits per heavy atom. The number of anilines is 2. The molecular formula is C16H28N4. The lowest BCUT2D eigenvalue weighted by Crippen LogP contribution is -2.19. The van der Waals surface area contributed by atoms with Crippen LogP contribution in [-0.4, -0.2) is 22.6 Å². The third-order valence-corrected chi connectivity index (χ3v) is 3.89. The van der Waals surface area contributed by atoms with E-state index in [2.05, 4.69) is 48.3 Å². The second-order valence-electron chi connectivity index (χ2n) is 6.10. The minimum Gasteiger partial charge on any atom is -0.370 e. The summed E-state index contributed by atoms with van der Waals surface area (Å²) >= 11 is 0. The largest absolute Gasteiger partial charge is 0.370 e. The summed E-state index contributed by atoms with van der Waals surface area (Å²) < 4.78 is 0. The van der Waals surface area contributed by atoms with Crippen LogP contribution in [0, 0.1) is 5.92 Å². The van der Waals surface area contributed by atoms with Crippen LogP contribution in [0.1, 0.15) is 65.1 Å². The van der Waals surface area contributed by atoms with E-state index in [0.717, 1.165) is 29.9 Å². The molecule has 0 saturated heterocycles. The molecule has 0 aromatic carbocycles. The molecule has 1 fully saturated rings. The van der Waals surface area contributed by atoms with E-state index < -0.39 is 0 Å². The fraction of sp³-hybridized carbons (Fsp3) is 0.750. The first-order chi connectivity index (χ1) is 9.62. The average molecular weight is 276 g/mol. The molecule has 0 radical (unpaired) electrons. The number of rotatable bonds is 8. The van der Waals surface area contributed by atoms with Gasteiger partial charge in [0.25, 0.3) is 0 Å². The summed E-state index contributed by atoms with van der Waals surface area (Å²) in [6, 6.07) is 2.48. The zero-order valence-corrected chi connectivity index (χ0v) is 13.2. The number of nitrogens with zero attached hydrogens (tertiary/aromatic N) is 2. The van der Waals surface area contributed by atoms with Crippen LogP contribution in [0.4, 0.5) is 11.6 Å². The van der Waals surface area contributed by atoms with Crippen LogP contribution in [0.3, 0.4) is 0 Å². The number of nitrogens with one attached hydrogen (secondary N) is 2. The second-order valence-corrected chi connectivity index (χ2v) is 6.10. The highest BCUT2D eigenvalue weighted by molar-refractivity contribution is 5.48.